The maximum Gasteiger partial charge on any atom is 0.152 e. The Morgan fingerprint density at radius 3 is 2.42 bits per heavy atom. The Labute approximate surface area is 142 Å². The van der Waals surface area contributed by atoms with Crippen LogP contribution in [0.1, 0.15) is 23.6 Å². The molecule has 0 saturated carbocycles. The molecule has 1 heteroatoms. The maximum absolute atomic E-state index is 15.4. The minimum atomic E-state index is -1.49. The lowest BCUT2D eigenvalue weighted by molar-refractivity contribution is 0.266. The molecule has 1 unspecified atom stereocenters. The summed E-state index contributed by atoms with van der Waals surface area (Å²) >= 11 is 0. The number of benzene rings is 3. The lowest BCUT2D eigenvalue weighted by Gasteiger charge is -2.22. The molecule has 1 aliphatic rings. The summed E-state index contributed by atoms with van der Waals surface area (Å²) in [5.41, 5.74) is 5.75. The van der Waals surface area contributed by atoms with Crippen LogP contribution in [0.5, 0.6) is 0 Å². The standard InChI is InChI=1S/C23H19F/c1-16-11-12-20-18(15-16)13-14-23(2,24)21-10-6-9-19(22(20)21)17-7-4-3-5-8-17/h3-15H,1-2H3. The molecule has 118 valence electrons. The van der Waals surface area contributed by atoms with Gasteiger partial charge in [-0.15, -0.1) is 0 Å². The summed E-state index contributed by atoms with van der Waals surface area (Å²) in [5, 5.41) is 0. The van der Waals surface area contributed by atoms with Gasteiger partial charge >= 0.3 is 0 Å². The van der Waals surface area contributed by atoms with Gasteiger partial charge in [-0.05, 0) is 47.7 Å². The number of alkyl halides is 1. The van der Waals surface area contributed by atoms with Gasteiger partial charge in [-0.25, -0.2) is 4.39 Å². The first-order valence-electron chi connectivity index (χ1n) is 8.24. The molecule has 24 heavy (non-hydrogen) atoms. The van der Waals surface area contributed by atoms with E-state index in [1.165, 1.54) is 5.56 Å². The Hall–Kier alpha value is -2.67. The number of rotatable bonds is 1. The van der Waals surface area contributed by atoms with Crippen LogP contribution in [0, 0.1) is 6.92 Å². The summed E-state index contributed by atoms with van der Waals surface area (Å²) in [5.74, 6) is 0. The van der Waals surface area contributed by atoms with E-state index >= 15 is 4.39 Å². The highest BCUT2D eigenvalue weighted by Crippen LogP contribution is 2.45. The highest BCUT2D eigenvalue weighted by molar-refractivity contribution is 5.91. The minimum Gasteiger partial charge on any atom is -0.234 e. The lowest BCUT2D eigenvalue weighted by Crippen LogP contribution is -2.12. The van der Waals surface area contributed by atoms with Crippen LogP contribution in [0.3, 0.4) is 0 Å². The monoisotopic (exact) mass is 314 g/mol. The number of fused-ring (bicyclic) bond motifs is 3. The molecule has 0 saturated heterocycles. The third-order valence-corrected chi connectivity index (χ3v) is 4.73. The van der Waals surface area contributed by atoms with Gasteiger partial charge in [-0.1, -0.05) is 78.4 Å². The van der Waals surface area contributed by atoms with E-state index in [1.807, 2.05) is 36.4 Å². The Morgan fingerprint density at radius 2 is 1.62 bits per heavy atom. The van der Waals surface area contributed by atoms with Gasteiger partial charge in [0.1, 0.15) is 0 Å². The SMILES string of the molecule is Cc1ccc2c(c1)C=CC(C)(F)c1cccc(-c3ccccc3)c1-2. The van der Waals surface area contributed by atoms with Gasteiger partial charge in [0.05, 0.1) is 0 Å². The van der Waals surface area contributed by atoms with Crippen LogP contribution < -0.4 is 0 Å². The number of hydrogen-bond donors (Lipinski definition) is 0. The van der Waals surface area contributed by atoms with Crippen molar-refractivity contribution in [3.63, 3.8) is 0 Å². The molecule has 0 amide bonds. The van der Waals surface area contributed by atoms with Gasteiger partial charge in [-0.2, -0.15) is 0 Å². The third-order valence-electron chi connectivity index (χ3n) is 4.73. The second kappa shape index (κ2) is 5.45. The van der Waals surface area contributed by atoms with E-state index in [-0.39, 0.29) is 0 Å². The molecule has 3 aromatic rings. The van der Waals surface area contributed by atoms with Gasteiger partial charge in [0.15, 0.2) is 5.67 Å². The van der Waals surface area contributed by atoms with Crippen LogP contribution in [-0.4, -0.2) is 0 Å². The minimum absolute atomic E-state index is 0.725. The lowest BCUT2D eigenvalue weighted by atomic mass is 9.85. The molecule has 1 atom stereocenters. The van der Waals surface area contributed by atoms with Gasteiger partial charge < -0.3 is 0 Å². The predicted octanol–water partition coefficient (Wildman–Crippen LogP) is 6.54. The molecule has 4 rings (SSSR count). The Kier molecular flexibility index (Phi) is 3.38. The molecule has 0 heterocycles. The molecule has 0 fully saturated rings. The topological polar surface area (TPSA) is 0 Å². The Balaban J connectivity index is 2.10. The number of allylic oxidation sites excluding steroid dienone is 1. The fourth-order valence-corrected chi connectivity index (χ4v) is 3.49. The summed E-state index contributed by atoms with van der Waals surface area (Å²) in [7, 11) is 0. The highest BCUT2D eigenvalue weighted by Gasteiger charge is 2.30. The summed E-state index contributed by atoms with van der Waals surface area (Å²) in [4.78, 5) is 0. The van der Waals surface area contributed by atoms with Crippen LogP contribution in [0.2, 0.25) is 0 Å². The number of aryl methyl sites for hydroxylation is 1. The highest BCUT2D eigenvalue weighted by atomic mass is 19.1. The third kappa shape index (κ3) is 2.37. The zero-order valence-corrected chi connectivity index (χ0v) is 13.9. The summed E-state index contributed by atoms with van der Waals surface area (Å²) in [6.45, 7) is 3.70. The quantitative estimate of drug-likeness (QED) is 0.478. The number of hydrogen-bond acceptors (Lipinski definition) is 0. The first kappa shape index (κ1) is 14.9. The zero-order chi connectivity index (χ0) is 16.7. The molecule has 0 radical (unpaired) electrons. The van der Waals surface area contributed by atoms with Crippen molar-refractivity contribution in [3.8, 4) is 22.3 Å². The van der Waals surface area contributed by atoms with Crippen LogP contribution in [-0.2, 0) is 5.67 Å². The van der Waals surface area contributed by atoms with Gasteiger partial charge in [0.2, 0.25) is 0 Å². The van der Waals surface area contributed by atoms with E-state index in [0.717, 1.165) is 33.4 Å². The zero-order valence-electron chi connectivity index (χ0n) is 13.9. The van der Waals surface area contributed by atoms with Crippen molar-refractivity contribution in [2.24, 2.45) is 0 Å². The molecule has 0 aromatic heterocycles. The van der Waals surface area contributed by atoms with E-state index in [9.17, 15) is 0 Å². The van der Waals surface area contributed by atoms with Gasteiger partial charge in [-0.3, -0.25) is 0 Å². The van der Waals surface area contributed by atoms with E-state index in [1.54, 1.807) is 13.0 Å². The Bertz CT molecular complexity index is 934. The second-order valence-corrected chi connectivity index (χ2v) is 6.59. The van der Waals surface area contributed by atoms with E-state index in [4.69, 9.17) is 0 Å². The molecular formula is C23H19F. The molecule has 1 aliphatic carbocycles. The van der Waals surface area contributed by atoms with Crippen molar-refractivity contribution in [1.82, 2.24) is 0 Å². The first-order chi connectivity index (χ1) is 11.6. The fraction of sp³-hybridized carbons (Fsp3) is 0.130. The van der Waals surface area contributed by atoms with Crippen molar-refractivity contribution in [1.29, 1.82) is 0 Å². The molecule has 0 nitrogen and oxygen atoms in total. The molecule has 0 spiro atoms. The van der Waals surface area contributed by atoms with Crippen molar-refractivity contribution >= 4 is 6.08 Å². The molecular weight excluding hydrogens is 295 g/mol. The van der Waals surface area contributed by atoms with Crippen molar-refractivity contribution in [2.75, 3.05) is 0 Å². The summed E-state index contributed by atoms with van der Waals surface area (Å²) in [6, 6.07) is 22.5. The first-order valence-corrected chi connectivity index (χ1v) is 8.24. The van der Waals surface area contributed by atoms with Crippen molar-refractivity contribution in [2.45, 2.75) is 19.5 Å². The largest absolute Gasteiger partial charge is 0.234 e. The smallest absolute Gasteiger partial charge is 0.152 e. The normalized spacial score (nSPS) is 18.6. The molecule has 3 aromatic carbocycles. The Morgan fingerprint density at radius 1 is 0.833 bits per heavy atom. The summed E-state index contributed by atoms with van der Waals surface area (Å²) < 4.78 is 15.4. The molecule has 0 bridgehead atoms. The summed E-state index contributed by atoms with van der Waals surface area (Å²) in [6.07, 6.45) is 3.59. The second-order valence-electron chi connectivity index (χ2n) is 6.59. The van der Waals surface area contributed by atoms with Crippen LogP contribution in [0.25, 0.3) is 28.3 Å². The maximum atomic E-state index is 15.4. The van der Waals surface area contributed by atoms with Crippen LogP contribution in [0.15, 0.2) is 72.8 Å². The van der Waals surface area contributed by atoms with Crippen LogP contribution in [0.4, 0.5) is 4.39 Å². The molecule has 0 aliphatic heterocycles. The average molecular weight is 314 g/mol. The van der Waals surface area contributed by atoms with Crippen molar-refractivity contribution in [3.05, 3.63) is 89.5 Å². The number of halogens is 1. The van der Waals surface area contributed by atoms with Gasteiger partial charge in [0, 0.05) is 5.56 Å². The van der Waals surface area contributed by atoms with Crippen molar-refractivity contribution < 1.29 is 4.39 Å². The average Bonchev–Trinajstić information content (AvgIpc) is 2.71. The van der Waals surface area contributed by atoms with E-state index < -0.39 is 5.67 Å². The van der Waals surface area contributed by atoms with E-state index in [0.29, 0.717) is 0 Å². The predicted molar refractivity (Wildman–Crippen MR) is 99.5 cm³/mol. The van der Waals surface area contributed by atoms with Gasteiger partial charge in [0.25, 0.3) is 0 Å². The van der Waals surface area contributed by atoms with E-state index in [2.05, 4.69) is 43.3 Å². The fourth-order valence-electron chi connectivity index (χ4n) is 3.49. The van der Waals surface area contributed by atoms with Crippen LogP contribution >= 0.6 is 0 Å². The molecule has 0 N–H and O–H groups in total.